The molecule has 1 aliphatic heterocycles. The second kappa shape index (κ2) is 8.34. The number of hydrogen-bond donors (Lipinski definition) is 5. The number of anilines is 1. The van der Waals surface area contributed by atoms with Crippen molar-refractivity contribution in [1.29, 1.82) is 0 Å². The lowest BCUT2D eigenvalue weighted by Crippen LogP contribution is -2.32. The van der Waals surface area contributed by atoms with E-state index in [1.54, 1.807) is 6.07 Å². The van der Waals surface area contributed by atoms with Gasteiger partial charge < -0.3 is 30.4 Å². The van der Waals surface area contributed by atoms with Crippen molar-refractivity contribution in [2.45, 2.75) is 69.0 Å². The molecule has 7 nitrogen and oxygen atoms in total. The minimum Gasteiger partial charge on any atom is -0.394 e. The van der Waals surface area contributed by atoms with Crippen LogP contribution < -0.4 is 5.32 Å². The Bertz CT molecular complexity index is 838. The van der Waals surface area contributed by atoms with Crippen LogP contribution in [0.15, 0.2) is 6.07 Å². The number of H-pyrrole nitrogens is 1. The van der Waals surface area contributed by atoms with Crippen molar-refractivity contribution in [3.05, 3.63) is 21.7 Å². The molecule has 1 aromatic carbocycles. The molecule has 4 atom stereocenters. The summed E-state index contributed by atoms with van der Waals surface area (Å²) in [5, 5.41) is 33.9. The zero-order valence-electron chi connectivity index (χ0n) is 15.4. The van der Waals surface area contributed by atoms with E-state index in [-0.39, 0.29) is 5.02 Å². The van der Waals surface area contributed by atoms with E-state index in [0.717, 1.165) is 12.8 Å². The van der Waals surface area contributed by atoms with Gasteiger partial charge in [-0.3, -0.25) is 0 Å². The number of aliphatic hydroxyl groups is 3. The molecule has 0 unspecified atom stereocenters. The highest BCUT2D eigenvalue weighted by Gasteiger charge is 2.45. The van der Waals surface area contributed by atoms with Crippen molar-refractivity contribution in [2.75, 3.05) is 11.9 Å². The number of aromatic nitrogens is 2. The number of nitrogens with zero attached hydrogens (tertiary/aromatic N) is 1. The Hall–Kier alpha value is -1.09. The van der Waals surface area contributed by atoms with E-state index in [0.29, 0.717) is 33.6 Å². The maximum Gasteiger partial charge on any atom is 0.201 e. The molecule has 4 rings (SSSR count). The molecule has 28 heavy (non-hydrogen) atoms. The normalized spacial score (nSPS) is 29.3. The molecule has 9 heteroatoms. The summed E-state index contributed by atoms with van der Waals surface area (Å²) in [4.78, 5) is 7.88. The van der Waals surface area contributed by atoms with Gasteiger partial charge in [0.15, 0.2) is 0 Å². The molecular weight excluding hydrogens is 405 g/mol. The van der Waals surface area contributed by atoms with Crippen LogP contribution >= 0.6 is 23.2 Å². The highest BCUT2D eigenvalue weighted by atomic mass is 35.5. The van der Waals surface area contributed by atoms with Gasteiger partial charge >= 0.3 is 0 Å². The topological polar surface area (TPSA) is 111 Å². The van der Waals surface area contributed by atoms with Gasteiger partial charge in [0.1, 0.15) is 24.4 Å². The Labute approximate surface area is 173 Å². The molecule has 154 valence electrons. The van der Waals surface area contributed by atoms with E-state index in [2.05, 4.69) is 15.3 Å². The predicted octanol–water partition coefficient (Wildman–Crippen LogP) is 3.16. The molecular formula is C19H25Cl2N3O4. The summed E-state index contributed by atoms with van der Waals surface area (Å²) in [5.41, 5.74) is 1.61. The zero-order valence-corrected chi connectivity index (χ0v) is 16.9. The van der Waals surface area contributed by atoms with Crippen LogP contribution in [0.4, 0.5) is 5.95 Å². The monoisotopic (exact) mass is 429 g/mol. The van der Waals surface area contributed by atoms with Crippen LogP contribution in [0.5, 0.6) is 0 Å². The number of aromatic amines is 1. The lowest BCUT2D eigenvalue weighted by Gasteiger charge is -2.17. The number of aliphatic hydroxyl groups excluding tert-OH is 3. The van der Waals surface area contributed by atoms with Gasteiger partial charge in [-0.2, -0.15) is 0 Å². The van der Waals surface area contributed by atoms with Gasteiger partial charge in [-0.15, -0.1) is 0 Å². The molecule has 0 spiro atoms. The van der Waals surface area contributed by atoms with Crippen molar-refractivity contribution >= 4 is 40.2 Å². The van der Waals surface area contributed by atoms with Crippen molar-refractivity contribution in [3.8, 4) is 0 Å². The van der Waals surface area contributed by atoms with E-state index in [9.17, 15) is 15.3 Å². The zero-order chi connectivity index (χ0) is 19.8. The van der Waals surface area contributed by atoms with Crippen molar-refractivity contribution in [1.82, 2.24) is 9.97 Å². The minimum atomic E-state index is -1.24. The predicted molar refractivity (Wildman–Crippen MR) is 108 cm³/mol. The number of benzene rings is 1. The van der Waals surface area contributed by atoms with Crippen LogP contribution in [0.2, 0.25) is 10.0 Å². The maximum absolute atomic E-state index is 10.4. The van der Waals surface area contributed by atoms with Gasteiger partial charge in [-0.05, 0) is 18.9 Å². The fourth-order valence-electron chi connectivity index (χ4n) is 4.20. The van der Waals surface area contributed by atoms with E-state index in [1.807, 2.05) is 0 Å². The molecule has 1 saturated carbocycles. The first-order chi connectivity index (χ1) is 13.5. The largest absolute Gasteiger partial charge is 0.394 e. The average Bonchev–Trinajstić information content (AvgIpc) is 3.06. The van der Waals surface area contributed by atoms with E-state index >= 15 is 0 Å². The smallest absolute Gasteiger partial charge is 0.201 e. The fraction of sp³-hybridized carbons (Fsp3) is 0.632. The second-order valence-corrected chi connectivity index (χ2v) is 8.44. The van der Waals surface area contributed by atoms with Crippen LogP contribution in [0.25, 0.3) is 11.0 Å². The Balaban J connectivity index is 1.70. The van der Waals surface area contributed by atoms with Crippen LogP contribution in [-0.2, 0) is 4.74 Å². The molecule has 2 heterocycles. The number of ether oxygens (including phenoxy) is 1. The standard InChI is InChI=1S/C19H25Cl2N3O4/c20-10-7-11-15(24-19(23-11)22-9-5-3-1-2-4-6-9)13(14(10)21)18-17(27)16(26)12(8-25)28-18/h7,9,12,16-18,25-27H,1-6,8H2,(H2,22,23,24)/t12-,16-,17+,18-/m0/s1. The summed E-state index contributed by atoms with van der Waals surface area (Å²) in [6.45, 7) is -0.412. The summed E-state index contributed by atoms with van der Waals surface area (Å²) in [6, 6.07) is 2.04. The lowest BCUT2D eigenvalue weighted by atomic mass is 10.00. The molecule has 1 aromatic heterocycles. The molecule has 0 amide bonds. The third kappa shape index (κ3) is 3.72. The quantitative estimate of drug-likeness (QED) is 0.477. The van der Waals surface area contributed by atoms with E-state index in [4.69, 9.17) is 27.9 Å². The summed E-state index contributed by atoms with van der Waals surface area (Å²) in [5.74, 6) is 0.619. The van der Waals surface area contributed by atoms with E-state index in [1.165, 1.54) is 25.7 Å². The number of rotatable bonds is 4. The Kier molecular flexibility index (Phi) is 6.01. The number of halogens is 2. The lowest BCUT2D eigenvalue weighted by molar-refractivity contribution is -0.0223. The maximum atomic E-state index is 10.4. The van der Waals surface area contributed by atoms with E-state index < -0.39 is 31.0 Å². The number of nitrogens with one attached hydrogen (secondary N) is 2. The Morgan fingerprint density at radius 3 is 2.50 bits per heavy atom. The number of hydrogen-bond acceptors (Lipinski definition) is 6. The molecule has 0 bridgehead atoms. The first-order valence-corrected chi connectivity index (χ1v) is 10.5. The average molecular weight is 430 g/mol. The molecule has 1 aliphatic carbocycles. The number of fused-ring (bicyclic) bond motifs is 1. The Morgan fingerprint density at radius 2 is 1.86 bits per heavy atom. The van der Waals surface area contributed by atoms with Gasteiger partial charge in [-0.25, -0.2) is 4.98 Å². The molecule has 0 radical (unpaired) electrons. The summed E-state index contributed by atoms with van der Waals surface area (Å²) in [6.07, 6.45) is 2.82. The minimum absolute atomic E-state index is 0.219. The first kappa shape index (κ1) is 20.2. The molecule has 5 N–H and O–H groups in total. The second-order valence-electron chi connectivity index (χ2n) is 7.66. The Morgan fingerprint density at radius 1 is 1.14 bits per heavy atom. The van der Waals surface area contributed by atoms with Crippen LogP contribution in [0.3, 0.4) is 0 Å². The van der Waals surface area contributed by atoms with Gasteiger partial charge in [0.05, 0.1) is 27.7 Å². The van der Waals surface area contributed by atoms with Crippen LogP contribution in [0, 0.1) is 0 Å². The number of imidazole rings is 1. The first-order valence-electron chi connectivity index (χ1n) is 9.76. The van der Waals surface area contributed by atoms with Crippen molar-refractivity contribution < 1.29 is 20.1 Å². The third-order valence-electron chi connectivity index (χ3n) is 5.73. The molecule has 2 aromatic rings. The summed E-state index contributed by atoms with van der Waals surface area (Å²) >= 11 is 12.7. The molecule has 2 fully saturated rings. The fourth-order valence-corrected chi connectivity index (χ4v) is 4.66. The van der Waals surface area contributed by atoms with Gasteiger partial charge in [0.25, 0.3) is 0 Å². The highest BCUT2D eigenvalue weighted by Crippen LogP contribution is 2.43. The molecule has 2 aliphatic rings. The molecule has 1 saturated heterocycles. The SMILES string of the molecule is OC[C@@H]1O[C@@H](c2c(Cl)c(Cl)cc3[nH]c(NC4CCCCCC4)nc23)[C@H](O)[C@H]1O. The van der Waals surface area contributed by atoms with Crippen molar-refractivity contribution in [3.63, 3.8) is 0 Å². The van der Waals surface area contributed by atoms with Crippen LogP contribution in [-0.4, -0.2) is 56.2 Å². The highest BCUT2D eigenvalue weighted by molar-refractivity contribution is 6.43. The van der Waals surface area contributed by atoms with Gasteiger partial charge in [0, 0.05) is 11.6 Å². The van der Waals surface area contributed by atoms with Crippen LogP contribution in [0.1, 0.15) is 50.2 Å². The van der Waals surface area contributed by atoms with Gasteiger partial charge in [0.2, 0.25) is 5.95 Å². The van der Waals surface area contributed by atoms with Gasteiger partial charge in [-0.1, -0.05) is 48.9 Å². The summed E-state index contributed by atoms with van der Waals surface area (Å²) < 4.78 is 5.67. The van der Waals surface area contributed by atoms with Crippen molar-refractivity contribution in [2.24, 2.45) is 0 Å². The third-order valence-corrected chi connectivity index (χ3v) is 6.53. The summed E-state index contributed by atoms with van der Waals surface area (Å²) in [7, 11) is 0.